The van der Waals surface area contributed by atoms with Gasteiger partial charge in [-0.3, -0.25) is 0 Å². The summed E-state index contributed by atoms with van der Waals surface area (Å²) >= 11 is 0. The molecule has 2 saturated carbocycles. The lowest BCUT2D eigenvalue weighted by molar-refractivity contribution is 0.0456. The zero-order chi connectivity index (χ0) is 11.4. The third kappa shape index (κ3) is 2.46. The molecule has 0 spiro atoms. The number of hydrogen-bond donors (Lipinski definition) is 0. The highest BCUT2D eigenvalue weighted by Gasteiger charge is 2.39. The SMILES string of the molecule is CCC1(C(C)C2CCCCC2)CCCCC1. The van der Waals surface area contributed by atoms with Crippen LogP contribution in [0.5, 0.6) is 0 Å². The monoisotopic (exact) mass is 222 g/mol. The van der Waals surface area contributed by atoms with Gasteiger partial charge in [-0.15, -0.1) is 0 Å². The molecular weight excluding hydrogens is 192 g/mol. The van der Waals surface area contributed by atoms with Gasteiger partial charge < -0.3 is 0 Å². The average Bonchev–Trinajstić information content (AvgIpc) is 2.39. The highest BCUT2D eigenvalue weighted by molar-refractivity contribution is 4.90. The Morgan fingerprint density at radius 3 is 2.06 bits per heavy atom. The Hall–Kier alpha value is 0. The van der Waals surface area contributed by atoms with Gasteiger partial charge in [-0.05, 0) is 30.1 Å². The Morgan fingerprint density at radius 1 is 0.938 bits per heavy atom. The van der Waals surface area contributed by atoms with Gasteiger partial charge in [0.05, 0.1) is 0 Å². The maximum absolute atomic E-state index is 2.59. The minimum absolute atomic E-state index is 0.736. The molecule has 0 saturated heterocycles. The molecule has 0 bridgehead atoms. The van der Waals surface area contributed by atoms with E-state index in [-0.39, 0.29) is 0 Å². The van der Waals surface area contributed by atoms with Crippen LogP contribution in [-0.4, -0.2) is 0 Å². The molecule has 0 aliphatic heterocycles. The van der Waals surface area contributed by atoms with Crippen molar-refractivity contribution >= 4 is 0 Å². The molecule has 1 unspecified atom stereocenters. The molecule has 0 heteroatoms. The molecule has 94 valence electrons. The predicted octanol–water partition coefficient (Wildman–Crippen LogP) is 5.56. The van der Waals surface area contributed by atoms with Gasteiger partial charge in [0.25, 0.3) is 0 Å². The van der Waals surface area contributed by atoms with Crippen molar-refractivity contribution in [3.05, 3.63) is 0 Å². The first-order chi connectivity index (χ1) is 7.78. The molecule has 0 aromatic rings. The van der Waals surface area contributed by atoms with Crippen LogP contribution >= 0.6 is 0 Å². The predicted molar refractivity (Wildman–Crippen MR) is 71.5 cm³/mol. The van der Waals surface area contributed by atoms with E-state index in [2.05, 4.69) is 13.8 Å². The van der Waals surface area contributed by atoms with Crippen LogP contribution in [0.2, 0.25) is 0 Å². The van der Waals surface area contributed by atoms with E-state index in [0.29, 0.717) is 0 Å². The van der Waals surface area contributed by atoms with Gasteiger partial charge in [-0.2, -0.15) is 0 Å². The van der Waals surface area contributed by atoms with Crippen LogP contribution in [0.1, 0.15) is 84.5 Å². The van der Waals surface area contributed by atoms with Gasteiger partial charge in [0, 0.05) is 0 Å². The Balaban J connectivity index is 2.00. The summed E-state index contributed by atoms with van der Waals surface area (Å²) in [6, 6.07) is 0. The van der Waals surface area contributed by atoms with E-state index >= 15 is 0 Å². The van der Waals surface area contributed by atoms with Crippen LogP contribution in [0.3, 0.4) is 0 Å². The molecule has 0 nitrogen and oxygen atoms in total. The van der Waals surface area contributed by atoms with Crippen LogP contribution in [0, 0.1) is 17.3 Å². The van der Waals surface area contributed by atoms with E-state index in [1.807, 2.05) is 0 Å². The molecule has 0 aromatic carbocycles. The first-order valence-electron chi connectivity index (χ1n) is 7.78. The molecule has 0 amide bonds. The standard InChI is InChI=1S/C16H30/c1-3-16(12-8-5-9-13-16)14(2)15-10-6-4-7-11-15/h14-15H,3-13H2,1-2H3. The van der Waals surface area contributed by atoms with Crippen molar-refractivity contribution in [1.29, 1.82) is 0 Å². The number of hydrogen-bond acceptors (Lipinski definition) is 0. The summed E-state index contributed by atoms with van der Waals surface area (Å²) in [5.74, 6) is 2.06. The molecule has 2 fully saturated rings. The first kappa shape index (κ1) is 12.5. The van der Waals surface area contributed by atoms with Crippen LogP contribution in [-0.2, 0) is 0 Å². The zero-order valence-electron chi connectivity index (χ0n) is 11.4. The van der Waals surface area contributed by atoms with Crippen molar-refractivity contribution in [3.63, 3.8) is 0 Å². The second-order valence-corrected chi connectivity index (χ2v) is 6.46. The zero-order valence-corrected chi connectivity index (χ0v) is 11.4. The van der Waals surface area contributed by atoms with Crippen LogP contribution < -0.4 is 0 Å². The van der Waals surface area contributed by atoms with E-state index in [4.69, 9.17) is 0 Å². The highest BCUT2D eigenvalue weighted by atomic mass is 14.4. The van der Waals surface area contributed by atoms with Gasteiger partial charge in [-0.1, -0.05) is 71.6 Å². The van der Waals surface area contributed by atoms with Crippen molar-refractivity contribution in [2.45, 2.75) is 84.5 Å². The number of rotatable bonds is 3. The second kappa shape index (κ2) is 5.56. The smallest absolute Gasteiger partial charge is 0.0272 e. The lowest BCUT2D eigenvalue weighted by Gasteiger charge is -2.46. The Kier molecular flexibility index (Phi) is 4.33. The van der Waals surface area contributed by atoms with E-state index < -0.39 is 0 Å². The van der Waals surface area contributed by atoms with E-state index in [9.17, 15) is 0 Å². The highest BCUT2D eigenvalue weighted by Crippen LogP contribution is 2.50. The van der Waals surface area contributed by atoms with Crippen molar-refractivity contribution in [2.24, 2.45) is 17.3 Å². The summed E-state index contributed by atoms with van der Waals surface area (Å²) in [5, 5.41) is 0. The molecule has 2 aliphatic rings. The fourth-order valence-corrected chi connectivity index (χ4v) is 4.52. The third-order valence-corrected chi connectivity index (χ3v) is 5.88. The minimum Gasteiger partial charge on any atom is -0.0648 e. The van der Waals surface area contributed by atoms with Crippen molar-refractivity contribution < 1.29 is 0 Å². The van der Waals surface area contributed by atoms with Gasteiger partial charge >= 0.3 is 0 Å². The minimum atomic E-state index is 0.736. The summed E-state index contributed by atoms with van der Waals surface area (Å²) in [5.41, 5.74) is 0.736. The fourth-order valence-electron chi connectivity index (χ4n) is 4.52. The van der Waals surface area contributed by atoms with Gasteiger partial charge in [0.2, 0.25) is 0 Å². The van der Waals surface area contributed by atoms with Crippen molar-refractivity contribution in [1.82, 2.24) is 0 Å². The summed E-state index contributed by atoms with van der Waals surface area (Å²) in [6.07, 6.45) is 16.6. The molecule has 0 heterocycles. The lowest BCUT2D eigenvalue weighted by Crippen LogP contribution is -2.36. The summed E-state index contributed by atoms with van der Waals surface area (Å²) in [6.45, 7) is 5.04. The summed E-state index contributed by atoms with van der Waals surface area (Å²) in [7, 11) is 0. The van der Waals surface area contributed by atoms with Crippen LogP contribution in [0.4, 0.5) is 0 Å². The molecule has 1 atom stereocenters. The largest absolute Gasteiger partial charge is 0.0648 e. The van der Waals surface area contributed by atoms with Crippen molar-refractivity contribution in [2.75, 3.05) is 0 Å². The first-order valence-corrected chi connectivity index (χ1v) is 7.78. The molecule has 2 aliphatic carbocycles. The molecular formula is C16H30. The third-order valence-electron chi connectivity index (χ3n) is 5.88. The average molecular weight is 222 g/mol. The van der Waals surface area contributed by atoms with Crippen LogP contribution in [0.15, 0.2) is 0 Å². The molecule has 16 heavy (non-hydrogen) atoms. The van der Waals surface area contributed by atoms with E-state index in [1.54, 1.807) is 0 Å². The van der Waals surface area contributed by atoms with E-state index in [1.165, 1.54) is 70.6 Å². The van der Waals surface area contributed by atoms with Crippen molar-refractivity contribution in [3.8, 4) is 0 Å². The Labute approximate surface area is 102 Å². The second-order valence-electron chi connectivity index (χ2n) is 6.46. The maximum Gasteiger partial charge on any atom is -0.0272 e. The van der Waals surface area contributed by atoms with Gasteiger partial charge in [0.1, 0.15) is 0 Å². The molecule has 2 rings (SSSR count). The fraction of sp³-hybridized carbons (Fsp3) is 1.00. The molecule has 0 aromatic heterocycles. The summed E-state index contributed by atoms with van der Waals surface area (Å²) < 4.78 is 0. The molecule has 0 radical (unpaired) electrons. The van der Waals surface area contributed by atoms with Gasteiger partial charge in [-0.25, -0.2) is 0 Å². The summed E-state index contributed by atoms with van der Waals surface area (Å²) in [4.78, 5) is 0. The Bertz CT molecular complexity index is 194. The van der Waals surface area contributed by atoms with Crippen LogP contribution in [0.25, 0.3) is 0 Å². The lowest BCUT2D eigenvalue weighted by atomic mass is 9.59. The maximum atomic E-state index is 2.59. The topological polar surface area (TPSA) is 0 Å². The normalized spacial score (nSPS) is 28.9. The molecule has 0 N–H and O–H groups in total. The van der Waals surface area contributed by atoms with E-state index in [0.717, 1.165) is 17.3 Å². The van der Waals surface area contributed by atoms with Gasteiger partial charge in [0.15, 0.2) is 0 Å². The quantitative estimate of drug-likeness (QED) is 0.586. The Morgan fingerprint density at radius 2 is 1.50 bits per heavy atom.